The average molecular weight is 437 g/mol. The lowest BCUT2D eigenvalue weighted by Crippen LogP contribution is -2.44. The van der Waals surface area contributed by atoms with E-state index in [2.05, 4.69) is 16.3 Å². The summed E-state index contributed by atoms with van der Waals surface area (Å²) in [5.74, 6) is 0.227. The fourth-order valence-corrected chi connectivity index (χ4v) is 4.17. The summed E-state index contributed by atoms with van der Waals surface area (Å²) < 4.78 is 24.2. The van der Waals surface area contributed by atoms with Crippen LogP contribution < -0.4 is 10.1 Å². The van der Waals surface area contributed by atoms with Crippen LogP contribution in [0.15, 0.2) is 60.7 Å². The van der Waals surface area contributed by atoms with Gasteiger partial charge in [0.1, 0.15) is 11.6 Å². The molecule has 1 aliphatic heterocycles. The second kappa shape index (κ2) is 10.1. The second-order valence-electron chi connectivity index (χ2n) is 8.16. The summed E-state index contributed by atoms with van der Waals surface area (Å²) in [7, 11) is 1.65. The van der Waals surface area contributed by atoms with E-state index in [1.165, 1.54) is 12.1 Å². The first-order chi connectivity index (χ1) is 15.5. The summed E-state index contributed by atoms with van der Waals surface area (Å²) >= 11 is 0. The van der Waals surface area contributed by atoms with Gasteiger partial charge in [0.05, 0.1) is 32.3 Å². The Balaban J connectivity index is 1.47. The van der Waals surface area contributed by atoms with Gasteiger partial charge in [-0.05, 0) is 53.1 Å². The molecule has 1 N–H and O–H groups in total. The number of carbonyl (C=O) groups excluding carboxylic acids is 1. The standard InChI is InChI=1S/C26H29FN2O3/c1-18(20-3-4-22-16-24(31-2)10-7-21(22)15-20)26(30)28-17-25(29-11-13-32-14-12-29)19-5-8-23(27)9-6-19/h3-10,15-16,18,25H,11-14,17H2,1-2H3,(H,28,30). The van der Waals surface area contributed by atoms with Crippen molar-refractivity contribution in [3.63, 3.8) is 0 Å². The van der Waals surface area contributed by atoms with Crippen LogP contribution in [0.1, 0.15) is 30.0 Å². The van der Waals surface area contributed by atoms with Crippen molar-refractivity contribution in [3.8, 4) is 5.75 Å². The van der Waals surface area contributed by atoms with Crippen molar-refractivity contribution in [1.82, 2.24) is 10.2 Å². The molecule has 2 atom stereocenters. The van der Waals surface area contributed by atoms with Crippen molar-refractivity contribution in [2.24, 2.45) is 0 Å². The predicted molar refractivity (Wildman–Crippen MR) is 123 cm³/mol. The van der Waals surface area contributed by atoms with E-state index >= 15 is 0 Å². The number of fused-ring (bicyclic) bond motifs is 1. The van der Waals surface area contributed by atoms with Crippen LogP contribution in [0.5, 0.6) is 5.75 Å². The largest absolute Gasteiger partial charge is 0.497 e. The topological polar surface area (TPSA) is 50.8 Å². The lowest BCUT2D eigenvalue weighted by atomic mass is 9.96. The minimum absolute atomic E-state index is 0.0280. The van der Waals surface area contributed by atoms with Crippen LogP contribution in [0.3, 0.4) is 0 Å². The summed E-state index contributed by atoms with van der Waals surface area (Å²) in [6, 6.07) is 18.5. The van der Waals surface area contributed by atoms with E-state index in [9.17, 15) is 9.18 Å². The zero-order chi connectivity index (χ0) is 22.5. The zero-order valence-electron chi connectivity index (χ0n) is 18.5. The van der Waals surface area contributed by atoms with Crippen molar-refractivity contribution in [3.05, 3.63) is 77.6 Å². The van der Waals surface area contributed by atoms with Gasteiger partial charge in [-0.3, -0.25) is 9.69 Å². The van der Waals surface area contributed by atoms with E-state index in [0.29, 0.717) is 19.8 Å². The third-order valence-electron chi connectivity index (χ3n) is 6.18. The van der Waals surface area contributed by atoms with E-state index < -0.39 is 0 Å². The van der Waals surface area contributed by atoms with E-state index in [-0.39, 0.29) is 23.7 Å². The van der Waals surface area contributed by atoms with Crippen molar-refractivity contribution < 1.29 is 18.7 Å². The Morgan fingerprint density at radius 1 is 1.03 bits per heavy atom. The van der Waals surface area contributed by atoms with Crippen molar-refractivity contribution in [1.29, 1.82) is 0 Å². The number of benzene rings is 3. The lowest BCUT2D eigenvalue weighted by Gasteiger charge is -2.35. The number of methoxy groups -OCH3 is 1. The maximum Gasteiger partial charge on any atom is 0.227 e. The van der Waals surface area contributed by atoms with Crippen LogP contribution in [-0.4, -0.2) is 50.8 Å². The van der Waals surface area contributed by atoms with Gasteiger partial charge in [0, 0.05) is 19.6 Å². The minimum Gasteiger partial charge on any atom is -0.497 e. The summed E-state index contributed by atoms with van der Waals surface area (Å²) in [5.41, 5.74) is 1.95. The summed E-state index contributed by atoms with van der Waals surface area (Å²) in [4.78, 5) is 15.3. The number of morpholine rings is 1. The molecule has 1 aliphatic rings. The molecule has 6 heteroatoms. The number of halogens is 1. The molecule has 0 bridgehead atoms. The van der Waals surface area contributed by atoms with Gasteiger partial charge < -0.3 is 14.8 Å². The number of hydrogen-bond acceptors (Lipinski definition) is 4. The SMILES string of the molecule is COc1ccc2cc(C(C)C(=O)NCC(c3ccc(F)cc3)N3CCOCC3)ccc2c1. The van der Waals surface area contributed by atoms with Crippen LogP contribution in [-0.2, 0) is 9.53 Å². The minimum atomic E-state index is -0.292. The molecular weight excluding hydrogens is 407 g/mol. The molecule has 168 valence electrons. The molecular formula is C26H29FN2O3. The molecule has 0 radical (unpaired) electrons. The van der Waals surface area contributed by atoms with Gasteiger partial charge in [-0.1, -0.05) is 36.4 Å². The maximum absolute atomic E-state index is 13.4. The Hall–Kier alpha value is -2.96. The van der Waals surface area contributed by atoms with Gasteiger partial charge >= 0.3 is 0 Å². The molecule has 3 aromatic rings. The summed E-state index contributed by atoms with van der Waals surface area (Å²) in [6.07, 6.45) is 0. The van der Waals surface area contributed by atoms with Crippen LogP contribution in [0.2, 0.25) is 0 Å². The number of ether oxygens (including phenoxy) is 2. The van der Waals surface area contributed by atoms with Gasteiger partial charge in [0.2, 0.25) is 5.91 Å². The van der Waals surface area contributed by atoms with E-state index in [1.807, 2.05) is 37.3 Å². The van der Waals surface area contributed by atoms with E-state index in [4.69, 9.17) is 9.47 Å². The highest BCUT2D eigenvalue weighted by Gasteiger charge is 2.24. The van der Waals surface area contributed by atoms with Crippen LogP contribution in [0, 0.1) is 5.82 Å². The molecule has 0 aliphatic carbocycles. The van der Waals surface area contributed by atoms with E-state index in [1.54, 1.807) is 19.2 Å². The number of nitrogens with zero attached hydrogens (tertiary/aromatic N) is 1. The Morgan fingerprint density at radius 3 is 2.41 bits per heavy atom. The van der Waals surface area contributed by atoms with Gasteiger partial charge in [-0.2, -0.15) is 0 Å². The fourth-order valence-electron chi connectivity index (χ4n) is 4.17. The molecule has 0 spiro atoms. The first kappa shape index (κ1) is 22.2. The highest BCUT2D eigenvalue weighted by Crippen LogP contribution is 2.26. The van der Waals surface area contributed by atoms with Gasteiger partial charge in [-0.25, -0.2) is 4.39 Å². The maximum atomic E-state index is 13.4. The Morgan fingerprint density at radius 2 is 1.69 bits per heavy atom. The molecule has 0 aromatic heterocycles. The number of amides is 1. The number of carbonyl (C=O) groups is 1. The lowest BCUT2D eigenvalue weighted by molar-refractivity contribution is -0.122. The Labute approximate surface area is 188 Å². The molecule has 2 unspecified atom stereocenters. The zero-order valence-corrected chi connectivity index (χ0v) is 18.5. The quantitative estimate of drug-likeness (QED) is 0.601. The number of nitrogens with one attached hydrogen (secondary N) is 1. The molecule has 0 saturated carbocycles. The first-order valence-electron chi connectivity index (χ1n) is 11.0. The van der Waals surface area contributed by atoms with Crippen molar-refractivity contribution >= 4 is 16.7 Å². The monoisotopic (exact) mass is 436 g/mol. The predicted octanol–water partition coefficient (Wildman–Crippen LogP) is 4.28. The molecule has 3 aromatic carbocycles. The van der Waals surface area contributed by atoms with E-state index in [0.717, 1.165) is 40.7 Å². The molecule has 32 heavy (non-hydrogen) atoms. The van der Waals surface area contributed by atoms with Crippen LogP contribution in [0.25, 0.3) is 10.8 Å². The number of rotatable bonds is 7. The normalized spacial score (nSPS) is 16.5. The number of hydrogen-bond donors (Lipinski definition) is 1. The van der Waals surface area contributed by atoms with Crippen molar-refractivity contribution in [2.45, 2.75) is 18.9 Å². The second-order valence-corrected chi connectivity index (χ2v) is 8.16. The Kier molecular flexibility index (Phi) is 7.02. The van der Waals surface area contributed by atoms with Gasteiger partial charge in [-0.15, -0.1) is 0 Å². The molecule has 5 nitrogen and oxygen atoms in total. The smallest absolute Gasteiger partial charge is 0.227 e. The van der Waals surface area contributed by atoms with Gasteiger partial charge in [0.25, 0.3) is 0 Å². The summed E-state index contributed by atoms with van der Waals surface area (Å²) in [5, 5.41) is 5.27. The molecule has 4 rings (SSSR count). The Bertz CT molecular complexity index is 1060. The fraction of sp³-hybridized carbons (Fsp3) is 0.346. The van der Waals surface area contributed by atoms with Crippen LogP contribution in [0.4, 0.5) is 4.39 Å². The highest BCUT2D eigenvalue weighted by atomic mass is 19.1. The molecule has 1 fully saturated rings. The molecule has 1 amide bonds. The molecule has 1 saturated heterocycles. The molecule has 1 heterocycles. The average Bonchev–Trinajstić information content (AvgIpc) is 2.84. The van der Waals surface area contributed by atoms with Crippen LogP contribution >= 0.6 is 0 Å². The summed E-state index contributed by atoms with van der Waals surface area (Å²) in [6.45, 7) is 5.25. The highest BCUT2D eigenvalue weighted by molar-refractivity contribution is 5.88. The van der Waals surface area contributed by atoms with Gasteiger partial charge in [0.15, 0.2) is 0 Å². The first-order valence-corrected chi connectivity index (χ1v) is 11.0. The third kappa shape index (κ3) is 5.09. The van der Waals surface area contributed by atoms with Crippen molar-refractivity contribution in [2.75, 3.05) is 40.0 Å². The third-order valence-corrected chi connectivity index (χ3v) is 6.18.